The number of carbonyl (C=O) groups is 1. The number of aromatic nitrogens is 6. The lowest BCUT2D eigenvalue weighted by Crippen LogP contribution is -2.36. The second kappa shape index (κ2) is 10.3. The molecule has 1 aliphatic rings. The van der Waals surface area contributed by atoms with Crippen molar-refractivity contribution >= 4 is 5.91 Å². The minimum Gasteiger partial charge on any atom is -0.330 e. The maximum Gasteiger partial charge on any atom is 0.416 e. The fraction of sp³-hybridized carbons (Fsp3) is 0.308. The molecule has 4 aromatic rings. The van der Waals surface area contributed by atoms with Crippen LogP contribution in [0.15, 0.2) is 61.3 Å². The van der Waals surface area contributed by atoms with Gasteiger partial charge < -0.3 is 4.90 Å². The maximum absolute atomic E-state index is 13.6. The van der Waals surface area contributed by atoms with E-state index in [-0.39, 0.29) is 30.0 Å². The van der Waals surface area contributed by atoms with Crippen molar-refractivity contribution in [3.05, 3.63) is 83.7 Å². The molecule has 0 aliphatic heterocycles. The van der Waals surface area contributed by atoms with Gasteiger partial charge in [0.1, 0.15) is 11.4 Å². The Kier molecular flexibility index (Phi) is 7.02. The van der Waals surface area contributed by atoms with Crippen molar-refractivity contribution in [3.63, 3.8) is 0 Å². The SMILES string of the molecule is CC(c1nccnc1-n1cc(-c2cccnc2)nn1)N(CC1CC1)C(=O)c1cc(C(F)(F)F)cc(C(F)(F)F)c1. The van der Waals surface area contributed by atoms with E-state index in [1.807, 2.05) is 0 Å². The first kappa shape index (κ1) is 27.2. The lowest BCUT2D eigenvalue weighted by atomic mass is 10.0. The van der Waals surface area contributed by atoms with Gasteiger partial charge in [0.2, 0.25) is 0 Å². The molecule has 1 saturated carbocycles. The monoisotopic (exact) mass is 561 g/mol. The molecule has 3 heterocycles. The summed E-state index contributed by atoms with van der Waals surface area (Å²) in [4.78, 5) is 27.6. The Bertz CT molecular complexity index is 1480. The number of rotatable bonds is 7. The van der Waals surface area contributed by atoms with Crippen LogP contribution in [0.2, 0.25) is 0 Å². The second-order valence-electron chi connectivity index (χ2n) is 9.43. The molecule has 0 bridgehead atoms. The molecular formula is C26H21F6N7O. The van der Waals surface area contributed by atoms with Crippen molar-refractivity contribution in [2.75, 3.05) is 6.54 Å². The van der Waals surface area contributed by atoms with E-state index in [1.54, 1.807) is 37.6 Å². The summed E-state index contributed by atoms with van der Waals surface area (Å²) in [5.41, 5.74) is -2.44. The highest BCUT2D eigenvalue weighted by Crippen LogP contribution is 2.38. The van der Waals surface area contributed by atoms with Gasteiger partial charge in [0.15, 0.2) is 5.82 Å². The Balaban J connectivity index is 1.53. The molecule has 0 spiro atoms. The third-order valence-corrected chi connectivity index (χ3v) is 6.48. The average Bonchev–Trinajstić information content (AvgIpc) is 3.62. The van der Waals surface area contributed by atoms with Gasteiger partial charge in [0, 0.05) is 42.5 Å². The second-order valence-corrected chi connectivity index (χ2v) is 9.43. The molecule has 208 valence electrons. The van der Waals surface area contributed by atoms with Gasteiger partial charge in [-0.2, -0.15) is 31.0 Å². The van der Waals surface area contributed by atoms with Crippen LogP contribution < -0.4 is 0 Å². The highest BCUT2D eigenvalue weighted by atomic mass is 19.4. The van der Waals surface area contributed by atoms with Crippen molar-refractivity contribution in [3.8, 4) is 17.1 Å². The molecule has 0 N–H and O–H groups in total. The van der Waals surface area contributed by atoms with E-state index >= 15 is 0 Å². The first-order valence-corrected chi connectivity index (χ1v) is 12.2. The number of halogens is 6. The van der Waals surface area contributed by atoms with Crippen LogP contribution in [0, 0.1) is 5.92 Å². The van der Waals surface area contributed by atoms with E-state index in [4.69, 9.17) is 0 Å². The summed E-state index contributed by atoms with van der Waals surface area (Å²) >= 11 is 0. The van der Waals surface area contributed by atoms with Crippen molar-refractivity contribution in [1.29, 1.82) is 0 Å². The van der Waals surface area contributed by atoms with Crippen LogP contribution in [0.3, 0.4) is 0 Å². The third-order valence-electron chi connectivity index (χ3n) is 6.48. The summed E-state index contributed by atoms with van der Waals surface area (Å²) in [7, 11) is 0. The smallest absolute Gasteiger partial charge is 0.330 e. The molecule has 14 heteroatoms. The topological polar surface area (TPSA) is 89.7 Å². The predicted molar refractivity (Wildman–Crippen MR) is 129 cm³/mol. The van der Waals surface area contributed by atoms with Crippen LogP contribution in [0.4, 0.5) is 26.3 Å². The van der Waals surface area contributed by atoms with Crippen LogP contribution in [0.25, 0.3) is 17.1 Å². The van der Waals surface area contributed by atoms with E-state index in [0.717, 1.165) is 12.8 Å². The Morgan fingerprint density at radius 1 is 1.02 bits per heavy atom. The first-order chi connectivity index (χ1) is 18.9. The van der Waals surface area contributed by atoms with E-state index in [2.05, 4.69) is 25.3 Å². The van der Waals surface area contributed by atoms with Crippen LogP contribution in [0.1, 0.15) is 53.0 Å². The Morgan fingerprint density at radius 3 is 2.30 bits per heavy atom. The number of pyridine rings is 1. The molecule has 1 aromatic carbocycles. The van der Waals surface area contributed by atoms with Gasteiger partial charge >= 0.3 is 12.4 Å². The van der Waals surface area contributed by atoms with Crippen molar-refractivity contribution in [2.24, 2.45) is 5.92 Å². The quantitative estimate of drug-likeness (QED) is 0.266. The van der Waals surface area contributed by atoms with Crippen molar-refractivity contribution < 1.29 is 31.1 Å². The molecular weight excluding hydrogens is 540 g/mol. The van der Waals surface area contributed by atoms with Crippen molar-refractivity contribution in [1.82, 2.24) is 34.8 Å². The largest absolute Gasteiger partial charge is 0.416 e. The van der Waals surface area contributed by atoms with Crippen LogP contribution in [-0.2, 0) is 12.4 Å². The summed E-state index contributed by atoms with van der Waals surface area (Å²) in [5.74, 6) is -0.725. The summed E-state index contributed by atoms with van der Waals surface area (Å²) in [6.45, 7) is 1.71. The standard InChI is InChI=1S/C26H21F6N7O/c1-15(22-23(35-8-7-34-22)39-14-21(36-37-39)17-3-2-6-33-12-17)38(13-16-4-5-16)24(40)18-9-19(25(27,28)29)11-20(10-18)26(30,31)32/h2-3,6-12,14-16H,4-5,13H2,1H3. The Labute approximate surface area is 223 Å². The third kappa shape index (κ3) is 5.80. The average molecular weight is 561 g/mol. The molecule has 1 atom stereocenters. The van der Waals surface area contributed by atoms with Crippen LogP contribution in [0.5, 0.6) is 0 Å². The predicted octanol–water partition coefficient (Wildman–Crippen LogP) is 5.77. The van der Waals surface area contributed by atoms with E-state index in [1.165, 1.54) is 22.0 Å². The normalized spacial score (nSPS) is 14.7. The number of nitrogens with zero attached hydrogens (tertiary/aromatic N) is 7. The highest BCUT2D eigenvalue weighted by Gasteiger charge is 2.39. The molecule has 0 saturated heterocycles. The summed E-state index contributed by atoms with van der Waals surface area (Å²) < 4.78 is 82.2. The maximum atomic E-state index is 13.6. The molecule has 1 unspecified atom stereocenters. The highest BCUT2D eigenvalue weighted by molar-refractivity contribution is 5.95. The molecule has 40 heavy (non-hydrogen) atoms. The van der Waals surface area contributed by atoms with Gasteiger partial charge in [0.05, 0.1) is 23.4 Å². The molecule has 8 nitrogen and oxygen atoms in total. The number of amides is 1. The molecule has 1 amide bonds. The van der Waals surface area contributed by atoms with Crippen molar-refractivity contribution in [2.45, 2.75) is 38.2 Å². The number of hydrogen-bond acceptors (Lipinski definition) is 6. The lowest BCUT2D eigenvalue weighted by Gasteiger charge is -2.30. The van der Waals surface area contributed by atoms with Gasteiger partial charge in [-0.05, 0) is 56.0 Å². The molecule has 3 aromatic heterocycles. The minimum atomic E-state index is -5.08. The fourth-order valence-corrected chi connectivity index (χ4v) is 4.21. The molecule has 1 fully saturated rings. The van der Waals surface area contributed by atoms with Crippen LogP contribution >= 0.6 is 0 Å². The minimum absolute atomic E-state index is 0.00321. The zero-order valence-corrected chi connectivity index (χ0v) is 20.9. The number of benzene rings is 1. The number of carbonyl (C=O) groups excluding carboxylic acids is 1. The fourth-order valence-electron chi connectivity index (χ4n) is 4.21. The Morgan fingerprint density at radius 2 is 1.70 bits per heavy atom. The molecule has 1 aliphatic carbocycles. The molecule has 0 radical (unpaired) electrons. The summed E-state index contributed by atoms with van der Waals surface area (Å²) in [6.07, 6.45) is -1.08. The van der Waals surface area contributed by atoms with E-state index < -0.39 is 41.0 Å². The number of hydrogen-bond donors (Lipinski definition) is 0. The van der Waals surface area contributed by atoms with Gasteiger partial charge in [-0.25, -0.2) is 4.98 Å². The summed E-state index contributed by atoms with van der Waals surface area (Å²) in [6, 6.07) is 3.51. The lowest BCUT2D eigenvalue weighted by molar-refractivity contribution is -0.143. The first-order valence-electron chi connectivity index (χ1n) is 12.2. The van der Waals surface area contributed by atoms with Gasteiger partial charge in [0.25, 0.3) is 5.91 Å². The van der Waals surface area contributed by atoms with E-state index in [0.29, 0.717) is 23.4 Å². The summed E-state index contributed by atoms with van der Waals surface area (Å²) in [5, 5.41) is 8.23. The zero-order valence-electron chi connectivity index (χ0n) is 20.9. The Hall–Kier alpha value is -4.36. The van der Waals surface area contributed by atoms with Gasteiger partial charge in [-0.3, -0.25) is 14.8 Å². The van der Waals surface area contributed by atoms with Gasteiger partial charge in [-0.15, -0.1) is 5.10 Å². The van der Waals surface area contributed by atoms with Gasteiger partial charge in [-0.1, -0.05) is 5.21 Å². The van der Waals surface area contributed by atoms with Crippen LogP contribution in [-0.4, -0.2) is 47.3 Å². The molecule has 5 rings (SSSR count). The number of alkyl halides is 6. The van der Waals surface area contributed by atoms with E-state index in [9.17, 15) is 31.1 Å². The zero-order chi connectivity index (χ0) is 28.7.